The Morgan fingerprint density at radius 2 is 2.00 bits per heavy atom. The molecule has 1 aromatic carbocycles. The number of nitrogens with zero attached hydrogens (tertiary/aromatic N) is 1. The summed E-state index contributed by atoms with van der Waals surface area (Å²) in [5.41, 5.74) is 1.76. The van der Waals surface area contributed by atoms with Crippen molar-refractivity contribution >= 4 is 21.4 Å². The highest BCUT2D eigenvalue weighted by Gasteiger charge is 2.25. The zero-order valence-electron chi connectivity index (χ0n) is 13.5. The van der Waals surface area contributed by atoms with E-state index in [0.717, 1.165) is 11.1 Å². The standard InChI is InChI=1S/C16H21NO4S2/c1-13-10-15(4-5-16(13)21-3)23(18,19)17(7-8-20-2)11-14-6-9-22-12-14/h4-6,9-10,12H,7-8,11H2,1-3H3. The van der Waals surface area contributed by atoms with Crippen LogP contribution in [0, 0.1) is 6.92 Å². The third-order valence-corrected chi connectivity index (χ3v) is 6.06. The molecular formula is C16H21NO4S2. The molecule has 23 heavy (non-hydrogen) atoms. The quantitative estimate of drug-likeness (QED) is 0.731. The highest BCUT2D eigenvalue weighted by atomic mass is 32.2. The van der Waals surface area contributed by atoms with Crippen molar-refractivity contribution in [1.82, 2.24) is 4.31 Å². The minimum Gasteiger partial charge on any atom is -0.496 e. The Morgan fingerprint density at radius 3 is 2.57 bits per heavy atom. The van der Waals surface area contributed by atoms with Crippen LogP contribution in [-0.4, -0.2) is 40.1 Å². The first-order valence-corrected chi connectivity index (χ1v) is 9.52. The van der Waals surface area contributed by atoms with E-state index in [4.69, 9.17) is 9.47 Å². The van der Waals surface area contributed by atoms with Crippen LogP contribution in [0.3, 0.4) is 0 Å². The van der Waals surface area contributed by atoms with Gasteiger partial charge in [0.05, 0.1) is 18.6 Å². The molecule has 0 bridgehead atoms. The van der Waals surface area contributed by atoms with Gasteiger partial charge in [-0.25, -0.2) is 8.42 Å². The number of ether oxygens (including phenoxy) is 2. The van der Waals surface area contributed by atoms with Crippen LogP contribution in [0.25, 0.3) is 0 Å². The van der Waals surface area contributed by atoms with Gasteiger partial charge in [0.15, 0.2) is 0 Å². The van der Waals surface area contributed by atoms with E-state index >= 15 is 0 Å². The Labute approximate surface area is 141 Å². The third kappa shape index (κ3) is 4.32. The first-order valence-electron chi connectivity index (χ1n) is 7.14. The average Bonchev–Trinajstić information content (AvgIpc) is 3.04. The van der Waals surface area contributed by atoms with E-state index in [9.17, 15) is 8.42 Å². The molecule has 2 aromatic rings. The lowest BCUT2D eigenvalue weighted by atomic mass is 10.2. The molecule has 2 rings (SSSR count). The molecule has 0 fully saturated rings. The number of thiophene rings is 1. The molecule has 0 unspecified atom stereocenters. The minimum atomic E-state index is -3.59. The molecule has 0 radical (unpaired) electrons. The maximum Gasteiger partial charge on any atom is 0.243 e. The van der Waals surface area contributed by atoms with Crippen LogP contribution < -0.4 is 4.74 Å². The second-order valence-corrected chi connectivity index (χ2v) is 7.81. The van der Waals surface area contributed by atoms with E-state index in [0.29, 0.717) is 25.4 Å². The van der Waals surface area contributed by atoms with Crippen molar-refractivity contribution in [2.24, 2.45) is 0 Å². The number of hydrogen-bond acceptors (Lipinski definition) is 5. The predicted octanol–water partition coefficient (Wildman–Crippen LogP) is 2.90. The molecule has 0 aliphatic rings. The molecule has 0 amide bonds. The fourth-order valence-corrected chi connectivity index (χ4v) is 4.38. The van der Waals surface area contributed by atoms with Gasteiger partial charge in [-0.2, -0.15) is 15.6 Å². The fraction of sp³-hybridized carbons (Fsp3) is 0.375. The number of benzene rings is 1. The van der Waals surface area contributed by atoms with Crippen LogP contribution >= 0.6 is 11.3 Å². The number of methoxy groups -OCH3 is 2. The van der Waals surface area contributed by atoms with Crippen LogP contribution in [0.2, 0.25) is 0 Å². The van der Waals surface area contributed by atoms with Gasteiger partial charge in [-0.1, -0.05) is 0 Å². The van der Waals surface area contributed by atoms with E-state index in [2.05, 4.69) is 0 Å². The fourth-order valence-electron chi connectivity index (χ4n) is 2.22. The van der Waals surface area contributed by atoms with Gasteiger partial charge in [0.2, 0.25) is 10.0 Å². The van der Waals surface area contributed by atoms with Crippen molar-refractivity contribution in [3.63, 3.8) is 0 Å². The van der Waals surface area contributed by atoms with E-state index < -0.39 is 10.0 Å². The molecule has 0 atom stereocenters. The van der Waals surface area contributed by atoms with Crippen LogP contribution in [-0.2, 0) is 21.3 Å². The lowest BCUT2D eigenvalue weighted by molar-refractivity contribution is 0.177. The first kappa shape index (κ1) is 17.9. The molecule has 0 aliphatic carbocycles. The van der Waals surface area contributed by atoms with Crippen molar-refractivity contribution in [3.05, 3.63) is 46.2 Å². The topological polar surface area (TPSA) is 55.8 Å². The maximum absolute atomic E-state index is 12.9. The van der Waals surface area contributed by atoms with E-state index in [1.54, 1.807) is 43.8 Å². The predicted molar refractivity (Wildman–Crippen MR) is 91.5 cm³/mol. The minimum absolute atomic E-state index is 0.266. The summed E-state index contributed by atoms with van der Waals surface area (Å²) in [5.74, 6) is 0.672. The molecule has 0 spiro atoms. The van der Waals surface area contributed by atoms with Gasteiger partial charge >= 0.3 is 0 Å². The lowest BCUT2D eigenvalue weighted by Crippen LogP contribution is -2.33. The molecule has 0 saturated carbocycles. The normalized spacial score (nSPS) is 11.8. The molecule has 0 aliphatic heterocycles. The van der Waals surface area contributed by atoms with Gasteiger partial charge < -0.3 is 9.47 Å². The molecule has 126 valence electrons. The largest absolute Gasteiger partial charge is 0.496 e. The Balaban J connectivity index is 2.32. The summed E-state index contributed by atoms with van der Waals surface area (Å²) in [6.07, 6.45) is 0. The molecule has 0 saturated heterocycles. The lowest BCUT2D eigenvalue weighted by Gasteiger charge is -2.22. The molecule has 1 heterocycles. The van der Waals surface area contributed by atoms with Crippen LogP contribution in [0.5, 0.6) is 5.75 Å². The maximum atomic E-state index is 12.9. The van der Waals surface area contributed by atoms with Crippen molar-refractivity contribution in [2.75, 3.05) is 27.4 Å². The van der Waals surface area contributed by atoms with Crippen LogP contribution in [0.15, 0.2) is 39.9 Å². The number of hydrogen-bond donors (Lipinski definition) is 0. The first-order chi connectivity index (χ1) is 11.0. The second-order valence-electron chi connectivity index (χ2n) is 5.09. The van der Waals surface area contributed by atoms with E-state index in [1.165, 1.54) is 4.31 Å². The molecule has 5 nitrogen and oxygen atoms in total. The molecule has 0 N–H and O–H groups in total. The molecule has 7 heteroatoms. The van der Waals surface area contributed by atoms with Crippen LogP contribution in [0.4, 0.5) is 0 Å². The highest BCUT2D eigenvalue weighted by Crippen LogP contribution is 2.25. The Bertz CT molecular complexity index is 727. The summed E-state index contributed by atoms with van der Waals surface area (Å²) in [5, 5.41) is 3.89. The zero-order chi connectivity index (χ0) is 16.9. The summed E-state index contributed by atoms with van der Waals surface area (Å²) >= 11 is 1.55. The summed E-state index contributed by atoms with van der Waals surface area (Å²) in [6, 6.07) is 6.83. The smallest absolute Gasteiger partial charge is 0.243 e. The van der Waals surface area contributed by atoms with Gasteiger partial charge in [-0.15, -0.1) is 0 Å². The van der Waals surface area contributed by atoms with Gasteiger partial charge in [0.1, 0.15) is 5.75 Å². The third-order valence-electron chi connectivity index (χ3n) is 3.49. The highest BCUT2D eigenvalue weighted by molar-refractivity contribution is 7.89. The van der Waals surface area contributed by atoms with Crippen molar-refractivity contribution in [3.8, 4) is 5.75 Å². The Kier molecular flexibility index (Phi) is 6.17. The van der Waals surface area contributed by atoms with Gasteiger partial charge in [-0.05, 0) is 53.1 Å². The van der Waals surface area contributed by atoms with Crippen molar-refractivity contribution in [1.29, 1.82) is 0 Å². The molecular weight excluding hydrogens is 334 g/mol. The second kappa shape index (κ2) is 7.92. The van der Waals surface area contributed by atoms with Crippen molar-refractivity contribution < 1.29 is 17.9 Å². The van der Waals surface area contributed by atoms with E-state index in [1.807, 2.05) is 23.8 Å². The Morgan fingerprint density at radius 1 is 1.22 bits per heavy atom. The van der Waals surface area contributed by atoms with Gasteiger partial charge in [0, 0.05) is 20.2 Å². The van der Waals surface area contributed by atoms with Crippen LogP contribution in [0.1, 0.15) is 11.1 Å². The average molecular weight is 355 g/mol. The van der Waals surface area contributed by atoms with Gasteiger partial charge in [-0.3, -0.25) is 0 Å². The summed E-state index contributed by atoms with van der Waals surface area (Å²) in [4.78, 5) is 0.266. The Hall–Kier alpha value is -1.41. The van der Waals surface area contributed by atoms with E-state index in [-0.39, 0.29) is 4.90 Å². The SMILES string of the molecule is COCCN(Cc1ccsc1)S(=O)(=O)c1ccc(OC)c(C)c1. The summed E-state index contributed by atoms with van der Waals surface area (Å²) < 4.78 is 37.6. The number of rotatable bonds is 8. The molecule has 1 aromatic heterocycles. The number of sulfonamides is 1. The number of aryl methyl sites for hydroxylation is 1. The van der Waals surface area contributed by atoms with Gasteiger partial charge in [0.25, 0.3) is 0 Å². The van der Waals surface area contributed by atoms with Crippen molar-refractivity contribution in [2.45, 2.75) is 18.4 Å². The summed E-state index contributed by atoms with van der Waals surface area (Å²) in [6.45, 7) is 2.81. The zero-order valence-corrected chi connectivity index (χ0v) is 15.1. The summed E-state index contributed by atoms with van der Waals surface area (Å²) in [7, 11) is -0.465. The monoisotopic (exact) mass is 355 g/mol.